The summed E-state index contributed by atoms with van der Waals surface area (Å²) < 4.78 is 36.0. The Balaban J connectivity index is 2.84. The van der Waals surface area contributed by atoms with Gasteiger partial charge in [0.15, 0.2) is 0 Å². The normalized spacial score (nSPS) is 11.1. The number of hydrogen-bond donors (Lipinski definition) is 0. The first-order valence-corrected chi connectivity index (χ1v) is 3.39. The molecule has 0 unspecified atom stereocenters. The molecular formula is C7H4F3NO3. The van der Waals surface area contributed by atoms with E-state index in [2.05, 4.69) is 4.84 Å². The zero-order chi connectivity index (χ0) is 10.8. The molecule has 0 fully saturated rings. The molecule has 1 aromatic rings. The molecule has 0 saturated carbocycles. The smallest absolute Gasteiger partial charge is 0.276 e. The lowest BCUT2D eigenvalue weighted by atomic mass is 10.2. The summed E-state index contributed by atoms with van der Waals surface area (Å²) in [7, 11) is 0. The van der Waals surface area contributed by atoms with Crippen LogP contribution < -0.4 is 4.84 Å². The van der Waals surface area contributed by atoms with Crippen molar-refractivity contribution in [3.05, 3.63) is 39.9 Å². The second kappa shape index (κ2) is 3.52. The second-order valence-electron chi connectivity index (χ2n) is 2.34. The van der Waals surface area contributed by atoms with Crippen molar-refractivity contribution in [3.63, 3.8) is 0 Å². The zero-order valence-electron chi connectivity index (χ0n) is 6.62. The molecule has 0 aliphatic carbocycles. The number of alkyl halides is 3. The van der Waals surface area contributed by atoms with Crippen LogP contribution in [0.1, 0.15) is 5.56 Å². The first-order valence-electron chi connectivity index (χ1n) is 3.39. The van der Waals surface area contributed by atoms with Gasteiger partial charge in [-0.1, -0.05) is 0 Å². The number of halogens is 3. The Morgan fingerprint density at radius 1 is 1.21 bits per heavy atom. The van der Waals surface area contributed by atoms with Crippen LogP contribution in [0.25, 0.3) is 0 Å². The van der Waals surface area contributed by atoms with Crippen LogP contribution in [0.5, 0.6) is 5.75 Å². The van der Waals surface area contributed by atoms with Gasteiger partial charge in [0.05, 0.1) is 5.56 Å². The molecule has 1 rings (SSSR count). The van der Waals surface area contributed by atoms with E-state index < -0.39 is 16.8 Å². The summed E-state index contributed by atoms with van der Waals surface area (Å²) in [6, 6.07) is 3.18. The van der Waals surface area contributed by atoms with Gasteiger partial charge >= 0.3 is 6.18 Å². The van der Waals surface area contributed by atoms with Crippen LogP contribution in [0, 0.1) is 10.1 Å². The number of hydrogen-bond acceptors (Lipinski definition) is 3. The van der Waals surface area contributed by atoms with E-state index in [4.69, 9.17) is 0 Å². The molecule has 7 heteroatoms. The monoisotopic (exact) mass is 207 g/mol. The molecule has 14 heavy (non-hydrogen) atoms. The van der Waals surface area contributed by atoms with Crippen LogP contribution in [0.3, 0.4) is 0 Å². The average Bonchev–Trinajstić information content (AvgIpc) is 2.02. The highest BCUT2D eigenvalue weighted by atomic mass is 19.4. The number of benzene rings is 1. The van der Waals surface area contributed by atoms with Gasteiger partial charge in [-0.15, -0.1) is 10.1 Å². The van der Waals surface area contributed by atoms with E-state index in [1.165, 1.54) is 0 Å². The lowest BCUT2D eigenvalue weighted by Crippen LogP contribution is -2.06. The van der Waals surface area contributed by atoms with Crippen LogP contribution in [0.4, 0.5) is 13.2 Å². The summed E-state index contributed by atoms with van der Waals surface area (Å²) in [5.74, 6) is -0.247. The molecule has 0 aliphatic rings. The maximum Gasteiger partial charge on any atom is 0.416 e. The van der Waals surface area contributed by atoms with Crippen LogP contribution >= 0.6 is 0 Å². The van der Waals surface area contributed by atoms with Crippen molar-refractivity contribution in [2.75, 3.05) is 0 Å². The van der Waals surface area contributed by atoms with Gasteiger partial charge < -0.3 is 0 Å². The van der Waals surface area contributed by atoms with Crippen LogP contribution in [0.15, 0.2) is 24.3 Å². The van der Waals surface area contributed by atoms with Crippen LogP contribution in [-0.2, 0) is 6.18 Å². The van der Waals surface area contributed by atoms with E-state index in [0.717, 1.165) is 12.1 Å². The Morgan fingerprint density at radius 2 is 1.71 bits per heavy atom. The van der Waals surface area contributed by atoms with E-state index in [9.17, 15) is 23.3 Å². The molecule has 0 atom stereocenters. The fourth-order valence-corrected chi connectivity index (χ4v) is 0.791. The van der Waals surface area contributed by atoms with Crippen molar-refractivity contribution < 1.29 is 23.1 Å². The highest BCUT2D eigenvalue weighted by molar-refractivity contribution is 5.28. The summed E-state index contributed by atoms with van der Waals surface area (Å²) in [6.45, 7) is 0. The number of nitrogens with zero attached hydrogens (tertiary/aromatic N) is 1. The predicted octanol–water partition coefficient (Wildman–Crippen LogP) is 2.28. The SMILES string of the molecule is O=[N+]([O-])Oc1ccc(C(F)(F)F)cc1. The van der Waals surface area contributed by atoms with Gasteiger partial charge in [-0.3, -0.25) is 4.84 Å². The van der Waals surface area contributed by atoms with Gasteiger partial charge in [0.2, 0.25) is 0 Å². The maximum atomic E-state index is 12.0. The van der Waals surface area contributed by atoms with Gasteiger partial charge in [-0.2, -0.15) is 13.2 Å². The van der Waals surface area contributed by atoms with Gasteiger partial charge in [0, 0.05) is 0 Å². The molecule has 0 radical (unpaired) electrons. The fraction of sp³-hybridized carbons (Fsp3) is 0.143. The summed E-state index contributed by atoms with van der Waals surface area (Å²) in [5, 5.41) is 8.72. The third-order valence-corrected chi connectivity index (χ3v) is 1.36. The molecule has 4 nitrogen and oxygen atoms in total. The van der Waals surface area contributed by atoms with Crippen molar-refractivity contribution in [2.24, 2.45) is 0 Å². The second-order valence-corrected chi connectivity index (χ2v) is 2.34. The number of rotatable bonds is 2. The van der Waals surface area contributed by atoms with Crippen LogP contribution in [-0.4, -0.2) is 5.09 Å². The zero-order valence-corrected chi connectivity index (χ0v) is 6.62. The first-order chi connectivity index (χ1) is 6.39. The minimum Gasteiger partial charge on any atom is -0.276 e. The molecule has 0 aromatic heterocycles. The average molecular weight is 207 g/mol. The van der Waals surface area contributed by atoms with Crippen molar-refractivity contribution in [1.29, 1.82) is 0 Å². The van der Waals surface area contributed by atoms with Gasteiger partial charge in [0.25, 0.3) is 5.09 Å². The summed E-state index contributed by atoms with van der Waals surface area (Å²) in [4.78, 5) is 13.7. The highest BCUT2D eigenvalue weighted by Gasteiger charge is 2.30. The Labute approximate surface area is 76.0 Å². The Kier molecular flexibility index (Phi) is 2.59. The largest absolute Gasteiger partial charge is 0.416 e. The molecule has 0 amide bonds. The topological polar surface area (TPSA) is 52.4 Å². The Hall–Kier alpha value is -1.79. The summed E-state index contributed by atoms with van der Waals surface area (Å²) in [6.07, 6.45) is -4.45. The Morgan fingerprint density at radius 3 is 2.07 bits per heavy atom. The van der Waals surface area contributed by atoms with Crippen molar-refractivity contribution >= 4 is 0 Å². The Bertz CT molecular complexity index is 333. The van der Waals surface area contributed by atoms with E-state index in [-0.39, 0.29) is 5.75 Å². The first kappa shape index (κ1) is 10.3. The van der Waals surface area contributed by atoms with E-state index >= 15 is 0 Å². The predicted molar refractivity (Wildman–Crippen MR) is 39.1 cm³/mol. The molecule has 0 heterocycles. The van der Waals surface area contributed by atoms with Gasteiger partial charge in [0.1, 0.15) is 5.75 Å². The third kappa shape index (κ3) is 2.61. The van der Waals surface area contributed by atoms with Crippen molar-refractivity contribution in [3.8, 4) is 5.75 Å². The molecule has 0 aliphatic heterocycles. The summed E-state index contributed by atoms with van der Waals surface area (Å²) >= 11 is 0. The quantitative estimate of drug-likeness (QED) is 0.552. The highest BCUT2D eigenvalue weighted by Crippen LogP contribution is 2.30. The van der Waals surface area contributed by atoms with Crippen molar-refractivity contribution in [1.82, 2.24) is 0 Å². The molecule has 0 spiro atoms. The molecule has 1 aromatic carbocycles. The third-order valence-electron chi connectivity index (χ3n) is 1.36. The minimum absolute atomic E-state index is 0.247. The molecule has 0 saturated heterocycles. The lowest BCUT2D eigenvalue weighted by molar-refractivity contribution is -0.711. The van der Waals surface area contributed by atoms with E-state index in [0.29, 0.717) is 12.1 Å². The summed E-state index contributed by atoms with van der Waals surface area (Å²) in [5.41, 5.74) is -0.881. The lowest BCUT2D eigenvalue weighted by Gasteiger charge is -2.06. The molecular weight excluding hydrogens is 203 g/mol. The van der Waals surface area contributed by atoms with Gasteiger partial charge in [-0.05, 0) is 24.3 Å². The molecule has 76 valence electrons. The standard InChI is InChI=1S/C7H4F3NO3/c8-7(9,10)5-1-3-6(4-2-5)14-11(12)13/h1-4H. The molecule has 0 N–H and O–H groups in total. The van der Waals surface area contributed by atoms with E-state index in [1.807, 2.05) is 0 Å². The van der Waals surface area contributed by atoms with Crippen LogP contribution in [0.2, 0.25) is 0 Å². The maximum absolute atomic E-state index is 12.0. The fourth-order valence-electron chi connectivity index (χ4n) is 0.791. The minimum atomic E-state index is -4.45. The molecule has 0 bridgehead atoms. The van der Waals surface area contributed by atoms with Gasteiger partial charge in [-0.25, -0.2) is 0 Å². The van der Waals surface area contributed by atoms with Crippen molar-refractivity contribution in [2.45, 2.75) is 6.18 Å². The van der Waals surface area contributed by atoms with E-state index in [1.54, 1.807) is 0 Å².